The Morgan fingerprint density at radius 3 is 1.43 bits per heavy atom. The van der Waals surface area contributed by atoms with Crippen LogP contribution < -0.4 is 26.2 Å². The van der Waals surface area contributed by atoms with Gasteiger partial charge in [0.25, 0.3) is 6.71 Å². The van der Waals surface area contributed by atoms with E-state index in [9.17, 15) is 13.5 Å². The van der Waals surface area contributed by atoms with Gasteiger partial charge in [0.2, 0.25) is 0 Å². The third-order valence-corrected chi connectivity index (χ3v) is 24.3. The van der Waals surface area contributed by atoms with Crippen molar-refractivity contribution in [1.29, 1.82) is 5.26 Å². The van der Waals surface area contributed by atoms with Crippen LogP contribution in [0.4, 0.5) is 34.1 Å². The van der Waals surface area contributed by atoms with E-state index in [-0.39, 0.29) is 27.4 Å². The topological polar surface area (TPSA) is 70.3 Å². The van der Waals surface area contributed by atoms with E-state index in [0.717, 1.165) is 193 Å². The first kappa shape index (κ1) is 53.6. The normalized spacial score (nSPS) is 13.8. The SMILES string of the molecule is [2H]c1c([2H])c([2H])c2c(c1[2H])c1c([2H])c(C#N)c([2H])c([2H])c1n2-c1ccc2c(c1)N(c1ccccc1-c1cc3c4ccccc4n4c5ccccc5c(c1)c34)c1cc(-c3ccc4oc5ccccc5c4c3)cc3c1B2c1cc(-c2cccc4c2oc2ccccc24)ccc1N3c1ccccc1-c1cc2c3ccccc3n3c4ccccc4c(c1)c23. The van der Waals surface area contributed by atoms with Crippen LogP contribution in [0, 0.1) is 11.3 Å². The maximum atomic E-state index is 10.7. The van der Waals surface area contributed by atoms with Crippen molar-refractivity contribution in [2.24, 2.45) is 0 Å². The van der Waals surface area contributed by atoms with Crippen LogP contribution in [-0.2, 0) is 0 Å². The monoisotopic (exact) mass is 1430 g/mol. The van der Waals surface area contributed by atoms with Gasteiger partial charge in [0.1, 0.15) is 22.3 Å². The van der Waals surface area contributed by atoms with Gasteiger partial charge in [-0.05, 0) is 184 Å². The third kappa shape index (κ3) is 7.97. The molecule has 0 unspecified atom stereocenters. The zero-order valence-corrected chi connectivity index (χ0v) is 59.4. The molecule has 0 aliphatic carbocycles. The molecule has 26 rings (SSSR count). The maximum absolute atomic E-state index is 10.7. The number of benzene rings is 17. The molecule has 2 aliphatic rings. The molecule has 0 saturated heterocycles. The fraction of sp³-hybridized carbons (Fsp3) is 0. The number of para-hydroxylation sites is 10. The average molecular weight is 1430 g/mol. The second-order valence-electron chi connectivity index (χ2n) is 29.9. The first-order valence-electron chi connectivity index (χ1n) is 41.3. The minimum Gasteiger partial charge on any atom is -0.456 e. The zero-order valence-electron chi connectivity index (χ0n) is 66.4. The summed E-state index contributed by atoms with van der Waals surface area (Å²) in [6.45, 7) is -0.575. The largest absolute Gasteiger partial charge is 0.456 e. The summed E-state index contributed by atoms with van der Waals surface area (Å²) >= 11 is 0. The molecule has 0 N–H and O–H groups in total. The molecule has 0 radical (unpaired) electrons. The summed E-state index contributed by atoms with van der Waals surface area (Å²) in [5.74, 6) is 0. The summed E-state index contributed by atoms with van der Waals surface area (Å²) in [6, 6.07) is 107. The van der Waals surface area contributed by atoms with Gasteiger partial charge < -0.3 is 32.0 Å². The van der Waals surface area contributed by atoms with E-state index in [1.807, 2.05) is 48.5 Å². The van der Waals surface area contributed by atoms with Crippen molar-refractivity contribution in [3.8, 4) is 56.3 Å². The summed E-state index contributed by atoms with van der Waals surface area (Å²) in [6.07, 6.45) is 0. The van der Waals surface area contributed by atoms with Crippen LogP contribution in [-0.4, -0.2) is 20.1 Å². The third-order valence-electron chi connectivity index (χ3n) is 24.3. The number of rotatable bonds is 7. The van der Waals surface area contributed by atoms with Gasteiger partial charge in [0.05, 0.1) is 76.7 Å². The second-order valence-corrected chi connectivity index (χ2v) is 29.9. The molecule has 7 aromatic heterocycles. The summed E-state index contributed by atoms with van der Waals surface area (Å²) in [5, 5.41) is 23.7. The Morgan fingerprint density at radius 2 is 0.804 bits per heavy atom. The van der Waals surface area contributed by atoms with Gasteiger partial charge in [-0.3, -0.25) is 0 Å². The highest BCUT2D eigenvalue weighted by molar-refractivity contribution is 7.00. The van der Waals surface area contributed by atoms with Crippen LogP contribution in [0.5, 0.6) is 0 Å². The van der Waals surface area contributed by atoms with E-state index < -0.39 is 49.0 Å². The van der Waals surface area contributed by atoms with Crippen molar-refractivity contribution in [2.45, 2.75) is 0 Å². The molecule has 17 aromatic carbocycles. The lowest BCUT2D eigenvalue weighted by Gasteiger charge is -2.45. The summed E-state index contributed by atoms with van der Waals surface area (Å²) < 4.78 is 87.4. The molecule has 0 fully saturated rings. The molecule has 8 nitrogen and oxygen atoms in total. The van der Waals surface area contributed by atoms with Gasteiger partial charge in [0, 0.05) is 121 Å². The second kappa shape index (κ2) is 22.1. The standard InChI is InChI=1S/C103H57BN6O2/c105-58-59-40-45-92-77(48-59)69-22-3-12-33-87(69)106(92)65-43-44-83-94(57-65)108(86-32-11-2-21-67(86)64-52-81-72-25-6-15-36-90(72)110-91-37-16-7-26-73(91)82(53-64)102(81)110)96-56-62(60-42-47-99-78(49-60)75-28-9-17-38-97(75)111-99)55-95-100(96)104(83)84-54-61(68-29-19-30-76-74-27-8-18-39-98(74)112-103(68)76)41-46-93(84)107(95)85-31-10-1-20-66(85)63-50-79-70-23-4-13-34-88(70)109-89-35-14-5-24-71(89)80(51-63)101(79)109/h1-57H/i3D,12D,22D,33D,40D,45D,48D. The van der Waals surface area contributed by atoms with E-state index >= 15 is 0 Å². The van der Waals surface area contributed by atoms with Crippen molar-refractivity contribution in [3.05, 3.63) is 351 Å². The van der Waals surface area contributed by atoms with Crippen molar-refractivity contribution >= 4 is 199 Å². The Labute approximate surface area is 649 Å². The highest BCUT2D eigenvalue weighted by atomic mass is 16.3. The molecule has 9 heterocycles. The first-order chi connectivity index (χ1) is 58.4. The number of hydrogen-bond acceptors (Lipinski definition) is 5. The van der Waals surface area contributed by atoms with E-state index in [2.05, 4.69) is 279 Å². The summed E-state index contributed by atoms with van der Waals surface area (Å²) in [4.78, 5) is 4.89. The number of anilines is 6. The van der Waals surface area contributed by atoms with Crippen molar-refractivity contribution < 1.29 is 18.4 Å². The smallest absolute Gasteiger partial charge is 0.252 e. The number of furan rings is 2. The van der Waals surface area contributed by atoms with Gasteiger partial charge in [-0.1, -0.05) is 206 Å². The Morgan fingerprint density at radius 1 is 0.304 bits per heavy atom. The van der Waals surface area contributed by atoms with Crippen molar-refractivity contribution in [2.75, 3.05) is 9.80 Å². The van der Waals surface area contributed by atoms with Crippen LogP contribution in [0.25, 0.3) is 192 Å². The highest BCUT2D eigenvalue weighted by Crippen LogP contribution is 2.54. The predicted octanol–water partition coefficient (Wildman–Crippen LogP) is 25.5. The fourth-order valence-corrected chi connectivity index (χ4v) is 19.7. The number of nitriles is 1. The lowest BCUT2D eigenvalue weighted by molar-refractivity contribution is 0.669. The maximum Gasteiger partial charge on any atom is 0.252 e. The van der Waals surface area contributed by atoms with Crippen LogP contribution in [0.15, 0.2) is 354 Å². The molecule has 2 aliphatic heterocycles. The molecular weight excluding hydrogens is 1360 g/mol. The van der Waals surface area contributed by atoms with E-state index in [4.69, 9.17) is 10.2 Å². The number of nitrogens with zero attached hydrogens (tertiary/aromatic N) is 6. The Kier molecular flexibility index (Phi) is 10.6. The predicted molar refractivity (Wildman–Crippen MR) is 465 cm³/mol. The molecular formula is C103H57BN6O2. The van der Waals surface area contributed by atoms with Gasteiger partial charge in [0.15, 0.2) is 0 Å². The molecule has 112 heavy (non-hydrogen) atoms. The van der Waals surface area contributed by atoms with Gasteiger partial charge >= 0.3 is 0 Å². The van der Waals surface area contributed by atoms with Crippen LogP contribution in [0.3, 0.4) is 0 Å². The molecule has 0 amide bonds. The van der Waals surface area contributed by atoms with E-state index in [0.29, 0.717) is 11.4 Å². The molecule has 9 heteroatoms. The average Bonchev–Trinajstić information content (AvgIpc) is 1.69. The quantitative estimate of drug-likeness (QED) is 0.149. The zero-order chi connectivity index (χ0) is 79.0. The molecule has 0 bridgehead atoms. The highest BCUT2D eigenvalue weighted by Gasteiger charge is 2.45. The Bertz CT molecular complexity index is 8640. The summed E-state index contributed by atoms with van der Waals surface area (Å²) in [7, 11) is 0. The lowest BCUT2D eigenvalue weighted by atomic mass is 9.33. The Hall–Kier alpha value is -15.1. The molecule has 24 aromatic rings. The number of hydrogen-bond donors (Lipinski definition) is 0. The van der Waals surface area contributed by atoms with E-state index in [1.54, 1.807) is 4.57 Å². The number of fused-ring (bicyclic) bond motifs is 25. The van der Waals surface area contributed by atoms with Crippen molar-refractivity contribution in [1.82, 2.24) is 13.4 Å². The molecule has 0 saturated carbocycles. The Balaban J connectivity index is 0.818. The van der Waals surface area contributed by atoms with Crippen molar-refractivity contribution in [3.63, 3.8) is 0 Å². The van der Waals surface area contributed by atoms with Crippen LogP contribution in [0.2, 0.25) is 0 Å². The molecule has 514 valence electrons. The molecule has 0 spiro atoms. The van der Waals surface area contributed by atoms with Gasteiger partial charge in [-0.2, -0.15) is 5.26 Å². The fourth-order valence-electron chi connectivity index (χ4n) is 19.7. The lowest BCUT2D eigenvalue weighted by Crippen LogP contribution is -2.61. The van der Waals surface area contributed by atoms with Gasteiger partial charge in [-0.25, -0.2) is 0 Å². The first-order valence-corrected chi connectivity index (χ1v) is 37.8. The van der Waals surface area contributed by atoms with Crippen LogP contribution >= 0.6 is 0 Å². The minimum atomic E-state index is -0.575. The van der Waals surface area contributed by atoms with Crippen LogP contribution in [0.1, 0.15) is 15.2 Å². The summed E-state index contributed by atoms with van der Waals surface area (Å²) in [5.41, 5.74) is 25.6. The van der Waals surface area contributed by atoms with Gasteiger partial charge in [-0.15, -0.1) is 0 Å². The number of aromatic nitrogens is 3. The van der Waals surface area contributed by atoms with E-state index in [1.165, 1.54) is 16.3 Å². The minimum absolute atomic E-state index is 0.00575. The molecule has 0 atom stereocenters.